The van der Waals surface area contributed by atoms with Crippen molar-refractivity contribution in [3.8, 4) is 0 Å². The maximum atomic E-state index is 12.2. The van der Waals surface area contributed by atoms with E-state index in [2.05, 4.69) is 10.1 Å². The summed E-state index contributed by atoms with van der Waals surface area (Å²) in [5.74, 6) is -2.00. The van der Waals surface area contributed by atoms with Crippen molar-refractivity contribution in [1.82, 2.24) is 5.32 Å². The fourth-order valence-electron chi connectivity index (χ4n) is 2.71. The summed E-state index contributed by atoms with van der Waals surface area (Å²) in [7, 11) is 1.25. The number of methoxy groups -OCH3 is 1. The van der Waals surface area contributed by atoms with Crippen molar-refractivity contribution in [2.24, 2.45) is 11.3 Å². The third-order valence-corrected chi connectivity index (χ3v) is 4.05. The molecule has 1 fully saturated rings. The lowest BCUT2D eigenvalue weighted by molar-refractivity contribution is -0.145. The average Bonchev–Trinajstić information content (AvgIpc) is 2.73. The number of hydrogen-bond donors (Lipinski definition) is 2. The standard InChI is InChI=1S/C14H23NO5/c1-14(2)8-4-5-9(14)12(17)15-10(13(18)19)6-7-11(16)20-3/h9-10H,4-8H2,1-3H3,(H,15,17)(H,18,19)/t9?,10-/m1/s1. The summed E-state index contributed by atoms with van der Waals surface area (Å²) in [6, 6.07) is -1.04. The highest BCUT2D eigenvalue weighted by atomic mass is 16.5. The number of ether oxygens (including phenoxy) is 1. The molecule has 1 amide bonds. The topological polar surface area (TPSA) is 92.7 Å². The van der Waals surface area contributed by atoms with E-state index in [1.54, 1.807) is 0 Å². The van der Waals surface area contributed by atoms with Crippen LogP contribution in [0.1, 0.15) is 46.0 Å². The van der Waals surface area contributed by atoms with Crippen LogP contribution in [0.3, 0.4) is 0 Å². The van der Waals surface area contributed by atoms with Gasteiger partial charge in [0, 0.05) is 12.3 Å². The molecular weight excluding hydrogens is 262 g/mol. The van der Waals surface area contributed by atoms with Crippen LogP contribution in [-0.4, -0.2) is 36.1 Å². The van der Waals surface area contributed by atoms with Gasteiger partial charge in [-0.25, -0.2) is 4.79 Å². The van der Waals surface area contributed by atoms with Crippen molar-refractivity contribution in [3.63, 3.8) is 0 Å². The molecule has 0 heterocycles. The van der Waals surface area contributed by atoms with Gasteiger partial charge in [-0.3, -0.25) is 9.59 Å². The van der Waals surface area contributed by atoms with Gasteiger partial charge in [0.1, 0.15) is 6.04 Å². The van der Waals surface area contributed by atoms with E-state index in [0.29, 0.717) is 0 Å². The number of rotatable bonds is 6. The number of carbonyl (C=O) groups is 3. The number of nitrogens with one attached hydrogen (secondary N) is 1. The molecule has 0 spiro atoms. The molecule has 0 aromatic rings. The summed E-state index contributed by atoms with van der Waals surface area (Å²) in [4.78, 5) is 34.4. The van der Waals surface area contributed by atoms with Gasteiger partial charge in [-0.1, -0.05) is 20.3 Å². The Morgan fingerprint density at radius 3 is 2.50 bits per heavy atom. The summed E-state index contributed by atoms with van der Waals surface area (Å²) in [5.41, 5.74) is -0.102. The summed E-state index contributed by atoms with van der Waals surface area (Å²) >= 11 is 0. The molecule has 0 aromatic carbocycles. The maximum absolute atomic E-state index is 12.2. The molecule has 1 aliphatic carbocycles. The molecule has 1 aliphatic rings. The van der Waals surface area contributed by atoms with E-state index in [-0.39, 0.29) is 30.1 Å². The zero-order chi connectivity index (χ0) is 15.3. The first-order chi connectivity index (χ1) is 9.27. The number of carbonyl (C=O) groups excluding carboxylic acids is 2. The van der Waals surface area contributed by atoms with Gasteiger partial charge in [0.05, 0.1) is 7.11 Å². The molecule has 2 N–H and O–H groups in total. The molecule has 2 atom stereocenters. The van der Waals surface area contributed by atoms with Crippen LogP contribution in [-0.2, 0) is 19.1 Å². The molecule has 0 radical (unpaired) electrons. The zero-order valence-electron chi connectivity index (χ0n) is 12.3. The molecule has 20 heavy (non-hydrogen) atoms. The highest BCUT2D eigenvalue weighted by Gasteiger charge is 2.40. The van der Waals surface area contributed by atoms with E-state index in [0.717, 1.165) is 19.3 Å². The van der Waals surface area contributed by atoms with Gasteiger partial charge in [-0.05, 0) is 24.7 Å². The highest BCUT2D eigenvalue weighted by molar-refractivity contribution is 5.86. The van der Waals surface area contributed by atoms with Gasteiger partial charge in [-0.2, -0.15) is 0 Å². The Balaban J connectivity index is 2.59. The van der Waals surface area contributed by atoms with Crippen LogP contribution < -0.4 is 5.32 Å². The predicted molar refractivity (Wildman–Crippen MR) is 71.9 cm³/mol. The number of carboxylic acid groups (broad SMARTS) is 1. The van der Waals surface area contributed by atoms with Crippen LogP contribution in [0.15, 0.2) is 0 Å². The van der Waals surface area contributed by atoms with Crippen molar-refractivity contribution < 1.29 is 24.2 Å². The van der Waals surface area contributed by atoms with Crippen molar-refractivity contribution >= 4 is 17.8 Å². The maximum Gasteiger partial charge on any atom is 0.326 e. The Morgan fingerprint density at radius 2 is 2.05 bits per heavy atom. The van der Waals surface area contributed by atoms with Gasteiger partial charge in [0.25, 0.3) is 0 Å². The monoisotopic (exact) mass is 285 g/mol. The third kappa shape index (κ3) is 4.21. The fraction of sp³-hybridized carbons (Fsp3) is 0.786. The van der Waals surface area contributed by atoms with E-state index < -0.39 is 18.0 Å². The molecular formula is C14H23NO5. The Bertz CT molecular complexity index is 391. The number of carboxylic acids is 1. The van der Waals surface area contributed by atoms with E-state index in [9.17, 15) is 14.4 Å². The minimum absolute atomic E-state index is 0.0260. The first-order valence-corrected chi connectivity index (χ1v) is 6.88. The van der Waals surface area contributed by atoms with Crippen molar-refractivity contribution in [2.75, 3.05) is 7.11 Å². The van der Waals surface area contributed by atoms with Gasteiger partial charge >= 0.3 is 11.9 Å². The molecule has 6 heteroatoms. The second-order valence-electron chi connectivity index (χ2n) is 5.95. The fourth-order valence-corrected chi connectivity index (χ4v) is 2.71. The lowest BCUT2D eigenvalue weighted by atomic mass is 9.81. The lowest BCUT2D eigenvalue weighted by Gasteiger charge is -2.27. The quantitative estimate of drug-likeness (QED) is 0.718. The lowest BCUT2D eigenvalue weighted by Crippen LogP contribution is -2.45. The Labute approximate surface area is 118 Å². The van der Waals surface area contributed by atoms with Gasteiger partial charge < -0.3 is 15.2 Å². The number of aliphatic carboxylic acids is 1. The van der Waals surface area contributed by atoms with Crippen LogP contribution in [0.2, 0.25) is 0 Å². The Morgan fingerprint density at radius 1 is 1.40 bits per heavy atom. The molecule has 6 nitrogen and oxygen atoms in total. The smallest absolute Gasteiger partial charge is 0.326 e. The second-order valence-corrected chi connectivity index (χ2v) is 5.95. The minimum atomic E-state index is -1.13. The largest absolute Gasteiger partial charge is 0.480 e. The molecule has 0 saturated heterocycles. The first-order valence-electron chi connectivity index (χ1n) is 6.88. The zero-order valence-corrected chi connectivity index (χ0v) is 12.3. The van der Waals surface area contributed by atoms with E-state index in [4.69, 9.17) is 5.11 Å². The van der Waals surface area contributed by atoms with Crippen LogP contribution in [0.5, 0.6) is 0 Å². The molecule has 114 valence electrons. The Kier molecular flexibility index (Phi) is 5.53. The van der Waals surface area contributed by atoms with Crippen molar-refractivity contribution in [1.29, 1.82) is 0 Å². The van der Waals surface area contributed by atoms with Crippen LogP contribution in [0.4, 0.5) is 0 Å². The normalized spacial score (nSPS) is 22.1. The summed E-state index contributed by atoms with van der Waals surface area (Å²) in [5, 5.41) is 11.7. The number of hydrogen-bond acceptors (Lipinski definition) is 4. The minimum Gasteiger partial charge on any atom is -0.480 e. The number of amides is 1. The number of esters is 1. The Hall–Kier alpha value is -1.59. The summed E-state index contributed by atoms with van der Waals surface area (Å²) in [6.45, 7) is 4.04. The van der Waals surface area contributed by atoms with Crippen molar-refractivity contribution in [3.05, 3.63) is 0 Å². The molecule has 1 unspecified atom stereocenters. The van der Waals surface area contributed by atoms with Crippen LogP contribution in [0, 0.1) is 11.3 Å². The highest BCUT2D eigenvalue weighted by Crippen LogP contribution is 2.42. The SMILES string of the molecule is COC(=O)CC[C@@H](NC(=O)C1CCCC1(C)C)C(=O)O. The average molecular weight is 285 g/mol. The predicted octanol–water partition coefficient (Wildman–Crippen LogP) is 1.34. The van der Waals surface area contributed by atoms with Crippen LogP contribution in [0.25, 0.3) is 0 Å². The van der Waals surface area contributed by atoms with Gasteiger partial charge in [-0.15, -0.1) is 0 Å². The third-order valence-electron chi connectivity index (χ3n) is 4.05. The van der Waals surface area contributed by atoms with E-state index in [1.807, 2.05) is 13.8 Å². The molecule has 0 bridgehead atoms. The van der Waals surface area contributed by atoms with E-state index >= 15 is 0 Å². The summed E-state index contributed by atoms with van der Waals surface area (Å²) < 4.78 is 4.47. The second kappa shape index (κ2) is 6.72. The molecule has 1 rings (SSSR count). The van der Waals surface area contributed by atoms with Gasteiger partial charge in [0.15, 0.2) is 0 Å². The molecule has 0 aliphatic heterocycles. The van der Waals surface area contributed by atoms with Crippen molar-refractivity contribution in [2.45, 2.75) is 52.0 Å². The first kappa shape index (κ1) is 16.5. The molecule has 1 saturated carbocycles. The summed E-state index contributed by atoms with van der Waals surface area (Å²) in [6.07, 6.45) is 2.74. The molecule has 0 aromatic heterocycles. The van der Waals surface area contributed by atoms with Gasteiger partial charge in [0.2, 0.25) is 5.91 Å². The van der Waals surface area contributed by atoms with Crippen LogP contribution >= 0.6 is 0 Å². The van der Waals surface area contributed by atoms with E-state index in [1.165, 1.54) is 7.11 Å².